The van der Waals surface area contributed by atoms with Gasteiger partial charge in [0, 0.05) is 29.8 Å². The van der Waals surface area contributed by atoms with Crippen LogP contribution in [0.5, 0.6) is 5.75 Å². The number of methoxy groups -OCH3 is 1. The van der Waals surface area contributed by atoms with Gasteiger partial charge in [-0.3, -0.25) is 14.4 Å². The van der Waals surface area contributed by atoms with Gasteiger partial charge in [0.2, 0.25) is 11.8 Å². The van der Waals surface area contributed by atoms with Crippen LogP contribution in [-0.2, 0) is 13.0 Å². The number of rotatable bonds is 14. The predicted octanol–water partition coefficient (Wildman–Crippen LogP) is 3.86. The van der Waals surface area contributed by atoms with Crippen LogP contribution in [0.25, 0.3) is 0 Å². The zero-order valence-corrected chi connectivity index (χ0v) is 24.9. The van der Waals surface area contributed by atoms with Crippen LogP contribution in [-0.4, -0.2) is 53.5 Å². The topological polar surface area (TPSA) is 148 Å². The smallest absolute Gasteiger partial charge is 0.254 e. The number of amides is 3. The minimum atomic E-state index is -1.01. The van der Waals surface area contributed by atoms with E-state index in [-0.39, 0.29) is 23.2 Å². The number of primary amides is 2. The Balaban J connectivity index is 1.75. The van der Waals surface area contributed by atoms with Crippen molar-refractivity contribution in [2.75, 3.05) is 13.7 Å². The Morgan fingerprint density at radius 1 is 0.795 bits per heavy atom. The summed E-state index contributed by atoms with van der Waals surface area (Å²) in [7, 11) is 1.61. The zero-order chi connectivity index (χ0) is 31.6. The Labute approximate surface area is 257 Å². The molecule has 3 atom stereocenters. The molecule has 0 spiro atoms. The number of hydrogen-bond donors (Lipinski definition) is 4. The van der Waals surface area contributed by atoms with Crippen molar-refractivity contribution in [1.82, 2.24) is 10.2 Å². The summed E-state index contributed by atoms with van der Waals surface area (Å²) in [5, 5.41) is 15.1. The lowest BCUT2D eigenvalue weighted by molar-refractivity contribution is 0.0221. The van der Waals surface area contributed by atoms with E-state index in [9.17, 15) is 19.5 Å². The predicted molar refractivity (Wildman–Crippen MR) is 169 cm³/mol. The van der Waals surface area contributed by atoms with Gasteiger partial charge in [0.15, 0.2) is 0 Å². The van der Waals surface area contributed by atoms with Crippen LogP contribution in [0.2, 0.25) is 0 Å². The van der Waals surface area contributed by atoms with Crippen LogP contribution in [0.4, 0.5) is 0 Å². The van der Waals surface area contributed by atoms with Crippen molar-refractivity contribution in [2.24, 2.45) is 11.5 Å². The average Bonchev–Trinajstić information content (AvgIpc) is 3.04. The summed E-state index contributed by atoms with van der Waals surface area (Å²) in [5.41, 5.74) is 13.8. The van der Waals surface area contributed by atoms with E-state index in [0.29, 0.717) is 13.0 Å². The highest BCUT2D eigenvalue weighted by molar-refractivity contribution is 6.04. The first-order chi connectivity index (χ1) is 21.2. The summed E-state index contributed by atoms with van der Waals surface area (Å²) >= 11 is 0. The summed E-state index contributed by atoms with van der Waals surface area (Å²) in [6.45, 7) is 2.53. The van der Waals surface area contributed by atoms with Gasteiger partial charge in [0.25, 0.3) is 5.91 Å². The molecule has 4 rings (SSSR count). The molecule has 9 heteroatoms. The van der Waals surface area contributed by atoms with Gasteiger partial charge < -0.3 is 31.5 Å². The van der Waals surface area contributed by atoms with E-state index in [0.717, 1.165) is 22.4 Å². The Hall–Kier alpha value is -4.99. The number of nitrogens with one attached hydrogen (secondary N) is 1. The first kappa shape index (κ1) is 31.9. The summed E-state index contributed by atoms with van der Waals surface area (Å²) in [6, 6.07) is 29.5. The highest BCUT2D eigenvalue weighted by Crippen LogP contribution is 2.29. The van der Waals surface area contributed by atoms with E-state index in [1.54, 1.807) is 12.0 Å². The molecule has 4 aromatic carbocycles. The lowest BCUT2D eigenvalue weighted by Gasteiger charge is -2.40. The molecule has 0 saturated heterocycles. The van der Waals surface area contributed by atoms with Gasteiger partial charge in [-0.25, -0.2) is 0 Å². The molecule has 9 nitrogen and oxygen atoms in total. The maximum atomic E-state index is 14.5. The van der Waals surface area contributed by atoms with E-state index in [2.05, 4.69) is 5.32 Å². The van der Waals surface area contributed by atoms with E-state index in [4.69, 9.17) is 16.2 Å². The van der Waals surface area contributed by atoms with E-state index >= 15 is 0 Å². The second-order valence-electron chi connectivity index (χ2n) is 10.6. The van der Waals surface area contributed by atoms with Crippen molar-refractivity contribution in [2.45, 2.75) is 38.1 Å². The molecule has 0 aliphatic heterocycles. The fraction of sp³-hybridized carbons (Fsp3) is 0.229. The highest BCUT2D eigenvalue weighted by atomic mass is 16.5. The van der Waals surface area contributed by atoms with Crippen molar-refractivity contribution in [3.8, 4) is 5.75 Å². The molecule has 0 aliphatic rings. The first-order valence-corrected chi connectivity index (χ1v) is 14.4. The number of aliphatic hydroxyl groups is 1. The molecule has 0 bridgehead atoms. The Kier molecular flexibility index (Phi) is 10.9. The molecule has 0 radical (unpaired) electrons. The van der Waals surface area contributed by atoms with Gasteiger partial charge in [-0.1, -0.05) is 72.8 Å². The van der Waals surface area contributed by atoms with Gasteiger partial charge in [0.05, 0.1) is 25.3 Å². The molecule has 0 aromatic heterocycles. The first-order valence-electron chi connectivity index (χ1n) is 14.4. The largest absolute Gasteiger partial charge is 0.497 e. The number of carbonyl (C=O) groups is 3. The lowest BCUT2D eigenvalue weighted by Crippen LogP contribution is -2.52. The van der Waals surface area contributed by atoms with E-state index in [1.165, 1.54) is 18.2 Å². The van der Waals surface area contributed by atoms with Crippen LogP contribution in [0.15, 0.2) is 103 Å². The summed E-state index contributed by atoms with van der Waals surface area (Å²) < 4.78 is 5.32. The van der Waals surface area contributed by atoms with Crippen LogP contribution >= 0.6 is 0 Å². The monoisotopic (exact) mass is 594 g/mol. The average molecular weight is 595 g/mol. The number of nitrogens with zero attached hydrogens (tertiary/aromatic N) is 1. The third-order valence-electron chi connectivity index (χ3n) is 7.59. The molecule has 4 aromatic rings. The second-order valence-corrected chi connectivity index (χ2v) is 10.6. The molecule has 44 heavy (non-hydrogen) atoms. The minimum Gasteiger partial charge on any atom is -0.497 e. The molecule has 0 fully saturated rings. The number of ether oxygens (including phenoxy) is 1. The quantitative estimate of drug-likeness (QED) is 0.174. The molecule has 0 unspecified atom stereocenters. The zero-order valence-electron chi connectivity index (χ0n) is 24.9. The number of benzene rings is 4. The van der Waals surface area contributed by atoms with Gasteiger partial charge in [0.1, 0.15) is 5.75 Å². The molecule has 3 amide bonds. The van der Waals surface area contributed by atoms with Crippen molar-refractivity contribution in [3.05, 3.63) is 137 Å². The van der Waals surface area contributed by atoms with Gasteiger partial charge in [-0.05, 0) is 60.4 Å². The van der Waals surface area contributed by atoms with Crippen molar-refractivity contribution < 1.29 is 24.2 Å². The minimum absolute atomic E-state index is 0.0166. The summed E-state index contributed by atoms with van der Waals surface area (Å²) in [4.78, 5) is 40.4. The Morgan fingerprint density at radius 3 is 1.95 bits per heavy atom. The third-order valence-corrected chi connectivity index (χ3v) is 7.59. The molecule has 0 saturated carbocycles. The molecule has 0 heterocycles. The van der Waals surface area contributed by atoms with Crippen LogP contribution in [0.1, 0.15) is 60.7 Å². The van der Waals surface area contributed by atoms with Crippen LogP contribution in [0, 0.1) is 0 Å². The fourth-order valence-corrected chi connectivity index (χ4v) is 5.25. The molecular formula is C35H38N4O5. The molecule has 228 valence electrons. The molecule has 0 aliphatic carbocycles. The summed E-state index contributed by atoms with van der Waals surface area (Å²) in [5.74, 6) is -1.35. The SMILES string of the molecule is COc1cccc(CNC[C@@H](O)[C@H](Cc2ccccc2)N(C(=O)c2cc(C(N)=O)cc(C(N)=O)c2)[C@H](C)c2ccccc2)c1. The Bertz CT molecular complexity index is 1550. The Morgan fingerprint density at radius 2 is 1.36 bits per heavy atom. The van der Waals surface area contributed by atoms with Gasteiger partial charge in [-0.15, -0.1) is 0 Å². The van der Waals surface area contributed by atoms with Crippen LogP contribution < -0.4 is 21.5 Å². The second kappa shape index (κ2) is 15.0. The van der Waals surface area contributed by atoms with E-state index < -0.39 is 35.9 Å². The van der Waals surface area contributed by atoms with Crippen molar-refractivity contribution in [1.29, 1.82) is 0 Å². The normalized spacial score (nSPS) is 13.0. The highest BCUT2D eigenvalue weighted by Gasteiger charge is 2.35. The van der Waals surface area contributed by atoms with E-state index in [1.807, 2.05) is 91.9 Å². The third kappa shape index (κ3) is 8.09. The van der Waals surface area contributed by atoms with Crippen LogP contribution in [0.3, 0.4) is 0 Å². The summed E-state index contributed by atoms with van der Waals surface area (Å²) in [6.07, 6.45) is -0.671. The lowest BCUT2D eigenvalue weighted by atomic mass is 9.94. The standard InChI is InChI=1S/C35H38N4O5/c1-23(26-13-7-4-8-14-26)39(35(43)29-19-27(33(36)41)18-28(20-29)34(37)42)31(17-24-10-5-3-6-11-24)32(40)22-38-21-25-12-9-15-30(16-25)44-2/h3-16,18-20,23,31-32,38,40H,17,21-22H2,1-2H3,(H2,36,41)(H2,37,42)/t23-,31+,32-/m1/s1. The number of nitrogens with two attached hydrogens (primary N) is 2. The number of aliphatic hydroxyl groups excluding tert-OH is 1. The van der Waals surface area contributed by atoms with Crippen molar-refractivity contribution in [3.63, 3.8) is 0 Å². The molecule has 6 N–H and O–H groups in total. The number of carbonyl (C=O) groups excluding carboxylic acids is 3. The fourth-order valence-electron chi connectivity index (χ4n) is 5.25. The maximum Gasteiger partial charge on any atom is 0.254 e. The van der Waals surface area contributed by atoms with Crippen molar-refractivity contribution >= 4 is 17.7 Å². The van der Waals surface area contributed by atoms with Gasteiger partial charge >= 0.3 is 0 Å². The van der Waals surface area contributed by atoms with Gasteiger partial charge in [-0.2, -0.15) is 0 Å². The molecular weight excluding hydrogens is 556 g/mol. The number of hydrogen-bond acceptors (Lipinski definition) is 6. The maximum absolute atomic E-state index is 14.5.